The Kier molecular flexibility index (Phi) is 11.4. The van der Waals surface area contributed by atoms with Crippen LogP contribution in [0, 0.1) is 34.5 Å². The van der Waals surface area contributed by atoms with Crippen LogP contribution in [0.2, 0.25) is 0 Å². The normalized spacial score (nSPS) is 33.2. The molecule has 4 aliphatic rings. The van der Waals surface area contributed by atoms with E-state index in [4.69, 9.17) is 9.47 Å². The summed E-state index contributed by atoms with van der Waals surface area (Å²) >= 11 is 0. The minimum atomic E-state index is -0.547. The van der Waals surface area contributed by atoms with Crippen molar-refractivity contribution in [2.45, 2.75) is 162 Å². The van der Waals surface area contributed by atoms with E-state index < -0.39 is 6.16 Å². The lowest BCUT2D eigenvalue weighted by molar-refractivity contribution is -0.0538. The van der Waals surface area contributed by atoms with Crippen LogP contribution in [0.4, 0.5) is 4.79 Å². The summed E-state index contributed by atoms with van der Waals surface area (Å²) < 4.78 is 11.5. The summed E-state index contributed by atoms with van der Waals surface area (Å²) in [6.07, 6.45) is 28.0. The first-order chi connectivity index (χ1) is 20.9. The van der Waals surface area contributed by atoms with Gasteiger partial charge in [-0.3, -0.25) is 0 Å². The predicted molar refractivity (Wildman–Crippen MR) is 178 cm³/mol. The first-order valence-electron chi connectivity index (χ1n) is 18.5. The average molecular weight is 591 g/mol. The molecule has 3 fully saturated rings. The molecule has 1 aromatic carbocycles. The summed E-state index contributed by atoms with van der Waals surface area (Å²) in [4.78, 5) is 12.7. The van der Waals surface area contributed by atoms with Gasteiger partial charge in [-0.05, 0) is 116 Å². The molecule has 0 aromatic heterocycles. The molecule has 0 radical (unpaired) electrons. The van der Waals surface area contributed by atoms with Crippen molar-refractivity contribution >= 4 is 6.16 Å². The van der Waals surface area contributed by atoms with E-state index in [1.54, 1.807) is 5.57 Å². The van der Waals surface area contributed by atoms with E-state index in [0.717, 1.165) is 49.4 Å². The van der Waals surface area contributed by atoms with Gasteiger partial charge in [0.05, 0.1) is 0 Å². The first kappa shape index (κ1) is 32.6. The largest absolute Gasteiger partial charge is 0.514 e. The van der Waals surface area contributed by atoms with Gasteiger partial charge in [0.25, 0.3) is 0 Å². The van der Waals surface area contributed by atoms with E-state index in [2.05, 4.69) is 45.9 Å². The van der Waals surface area contributed by atoms with E-state index in [-0.39, 0.29) is 11.5 Å². The highest BCUT2D eigenvalue weighted by Gasteiger charge is 2.58. The standard InChI is InChI=1S/C40H62O3/c1-5-7-9-11-12-14-16-31-20-24-36-35-23-19-32-29-34(25-27-40(32,4)37(35)26-28-39(31,36)3)43-38(41)42-33-21-17-30(18-22-33)15-13-10-8-6-2/h17-19,21-22,31,34-37H,5-16,20,23-29H2,1-4H3/t31-,34+,35-,36-,37+,39-,40+/m1/s1. The molecular weight excluding hydrogens is 528 g/mol. The van der Waals surface area contributed by atoms with Crippen LogP contribution in [-0.4, -0.2) is 12.3 Å². The zero-order valence-electron chi connectivity index (χ0n) is 28.1. The molecule has 240 valence electrons. The third-order valence-corrected chi connectivity index (χ3v) is 12.9. The number of allylic oxidation sites excluding steroid dienone is 1. The number of aryl methyl sites for hydroxylation is 1. The Morgan fingerprint density at radius 1 is 0.814 bits per heavy atom. The second kappa shape index (κ2) is 15.0. The maximum absolute atomic E-state index is 12.7. The number of carbonyl (C=O) groups excluding carboxylic acids is 1. The Balaban J connectivity index is 1.11. The fourth-order valence-corrected chi connectivity index (χ4v) is 10.2. The molecule has 0 spiro atoms. The molecule has 0 unspecified atom stereocenters. The molecule has 4 aliphatic carbocycles. The van der Waals surface area contributed by atoms with Crippen molar-refractivity contribution in [3.63, 3.8) is 0 Å². The molecule has 3 saturated carbocycles. The number of hydrogen-bond donors (Lipinski definition) is 0. The van der Waals surface area contributed by atoms with Crippen molar-refractivity contribution in [3.05, 3.63) is 41.5 Å². The third kappa shape index (κ3) is 7.55. The number of carbonyl (C=O) groups is 1. The maximum atomic E-state index is 12.7. The number of unbranched alkanes of at least 4 members (excludes halogenated alkanes) is 8. The zero-order chi connectivity index (χ0) is 30.3. The molecule has 0 N–H and O–H groups in total. The van der Waals surface area contributed by atoms with Crippen molar-refractivity contribution in [2.24, 2.45) is 34.5 Å². The predicted octanol–water partition coefficient (Wildman–Crippen LogP) is 12.0. The third-order valence-electron chi connectivity index (χ3n) is 12.9. The topological polar surface area (TPSA) is 35.5 Å². The van der Waals surface area contributed by atoms with Crippen LogP contribution < -0.4 is 4.74 Å². The number of hydrogen-bond acceptors (Lipinski definition) is 3. The van der Waals surface area contributed by atoms with Crippen LogP contribution >= 0.6 is 0 Å². The van der Waals surface area contributed by atoms with Crippen molar-refractivity contribution in [1.82, 2.24) is 0 Å². The molecule has 43 heavy (non-hydrogen) atoms. The summed E-state index contributed by atoms with van der Waals surface area (Å²) in [5.41, 5.74) is 3.71. The average Bonchev–Trinajstić information content (AvgIpc) is 3.34. The molecule has 5 rings (SSSR count). The zero-order valence-corrected chi connectivity index (χ0v) is 28.1. The molecule has 0 aliphatic heterocycles. The van der Waals surface area contributed by atoms with E-state index in [0.29, 0.717) is 11.2 Å². The molecule has 1 aromatic rings. The van der Waals surface area contributed by atoms with Crippen molar-refractivity contribution in [2.75, 3.05) is 0 Å². The Labute approximate surface area is 264 Å². The van der Waals surface area contributed by atoms with E-state index in [1.165, 1.54) is 108 Å². The molecule has 0 heterocycles. The van der Waals surface area contributed by atoms with Gasteiger partial charge in [-0.2, -0.15) is 0 Å². The molecule has 0 bridgehead atoms. The summed E-state index contributed by atoms with van der Waals surface area (Å²) in [7, 11) is 0. The highest BCUT2D eigenvalue weighted by Crippen LogP contribution is 2.66. The van der Waals surface area contributed by atoms with Gasteiger partial charge in [-0.25, -0.2) is 4.79 Å². The Morgan fingerprint density at radius 3 is 2.30 bits per heavy atom. The molecule has 7 atom stereocenters. The Bertz CT molecular complexity index is 1060. The fraction of sp³-hybridized carbons (Fsp3) is 0.775. The summed E-state index contributed by atoms with van der Waals surface area (Å²) in [6.45, 7) is 9.79. The van der Waals surface area contributed by atoms with Crippen LogP contribution in [0.25, 0.3) is 0 Å². The van der Waals surface area contributed by atoms with Gasteiger partial charge in [0.15, 0.2) is 0 Å². The van der Waals surface area contributed by atoms with E-state index in [9.17, 15) is 4.79 Å². The highest BCUT2D eigenvalue weighted by atomic mass is 16.7. The Morgan fingerprint density at radius 2 is 1.53 bits per heavy atom. The minimum Gasteiger partial charge on any atom is -0.430 e. The number of fused-ring (bicyclic) bond motifs is 5. The van der Waals surface area contributed by atoms with E-state index in [1.807, 2.05) is 12.1 Å². The van der Waals surface area contributed by atoms with Crippen LogP contribution in [0.15, 0.2) is 35.9 Å². The van der Waals surface area contributed by atoms with Crippen molar-refractivity contribution in [3.8, 4) is 5.75 Å². The first-order valence-corrected chi connectivity index (χ1v) is 18.5. The van der Waals surface area contributed by atoms with Gasteiger partial charge in [-0.15, -0.1) is 0 Å². The van der Waals surface area contributed by atoms with Gasteiger partial charge in [-0.1, -0.05) is 109 Å². The van der Waals surface area contributed by atoms with Crippen LogP contribution in [0.3, 0.4) is 0 Å². The van der Waals surface area contributed by atoms with Crippen molar-refractivity contribution < 1.29 is 14.3 Å². The minimum absolute atomic E-state index is 0.0664. The summed E-state index contributed by atoms with van der Waals surface area (Å²) in [5, 5.41) is 0. The fourth-order valence-electron chi connectivity index (χ4n) is 10.2. The molecule has 0 amide bonds. The quantitative estimate of drug-likeness (QED) is 0.0935. The lowest BCUT2D eigenvalue weighted by Crippen LogP contribution is -2.50. The monoisotopic (exact) mass is 590 g/mol. The highest BCUT2D eigenvalue weighted by molar-refractivity contribution is 5.64. The van der Waals surface area contributed by atoms with Gasteiger partial charge >= 0.3 is 6.16 Å². The Hall–Kier alpha value is -1.77. The number of rotatable bonds is 14. The number of ether oxygens (including phenoxy) is 2. The lowest BCUT2D eigenvalue weighted by Gasteiger charge is -2.58. The molecule has 0 saturated heterocycles. The van der Waals surface area contributed by atoms with Crippen LogP contribution in [-0.2, 0) is 11.2 Å². The lowest BCUT2D eigenvalue weighted by atomic mass is 9.47. The molecule has 3 nitrogen and oxygen atoms in total. The van der Waals surface area contributed by atoms with Gasteiger partial charge in [0, 0.05) is 6.42 Å². The van der Waals surface area contributed by atoms with Gasteiger partial charge in [0.1, 0.15) is 11.9 Å². The van der Waals surface area contributed by atoms with Crippen molar-refractivity contribution in [1.29, 1.82) is 0 Å². The molecule has 3 heteroatoms. The van der Waals surface area contributed by atoms with Gasteiger partial charge < -0.3 is 9.47 Å². The maximum Gasteiger partial charge on any atom is 0.514 e. The van der Waals surface area contributed by atoms with Gasteiger partial charge in [0.2, 0.25) is 0 Å². The SMILES string of the molecule is CCCCCCCC[C@@H]1CC[C@@H]2[C@H]3CC=C4C[C@@H](OC(=O)Oc5ccc(CCCCCC)cc5)CC[C@]4(C)[C@H]3CC[C@]12C. The second-order valence-corrected chi connectivity index (χ2v) is 15.4. The van der Waals surface area contributed by atoms with Crippen LogP contribution in [0.5, 0.6) is 5.75 Å². The molecular formula is C40H62O3. The van der Waals surface area contributed by atoms with Crippen LogP contribution in [0.1, 0.15) is 155 Å². The summed E-state index contributed by atoms with van der Waals surface area (Å²) in [6, 6.07) is 7.99. The number of benzene rings is 1. The smallest absolute Gasteiger partial charge is 0.430 e. The second-order valence-electron chi connectivity index (χ2n) is 15.4. The van der Waals surface area contributed by atoms with E-state index >= 15 is 0 Å². The summed E-state index contributed by atoms with van der Waals surface area (Å²) in [5.74, 6) is 4.07.